The molecule has 7 nitrogen and oxygen atoms in total. The minimum absolute atomic E-state index is 0.0415. The summed E-state index contributed by atoms with van der Waals surface area (Å²) in [5.41, 5.74) is 0.806. The molecule has 1 aliphatic heterocycles. The highest BCUT2D eigenvalue weighted by Gasteiger charge is 2.28. The van der Waals surface area contributed by atoms with Gasteiger partial charge in [-0.25, -0.2) is 13.6 Å². The van der Waals surface area contributed by atoms with Crippen molar-refractivity contribution in [2.45, 2.75) is 17.9 Å². The number of sulfonamides is 1. The van der Waals surface area contributed by atoms with E-state index in [9.17, 15) is 13.2 Å². The fraction of sp³-hybridized carbons (Fsp3) is 0.462. The summed E-state index contributed by atoms with van der Waals surface area (Å²) < 4.78 is 22.5. The molecule has 0 aromatic heterocycles. The Kier molecular flexibility index (Phi) is 4.81. The standard InChI is InChI=1S/C13H20N4O3S/c1-2-16-13(18)12-9-15-7-8-17(12)10-3-5-11(6-4-10)21(14,19)20/h3-6,12,15H,2,7-9H2,1H3,(H,16,18)(H2,14,19,20). The number of likely N-dealkylation sites (N-methyl/N-ethyl adjacent to an activating group) is 1. The van der Waals surface area contributed by atoms with Crippen molar-refractivity contribution in [3.8, 4) is 0 Å². The highest BCUT2D eigenvalue weighted by Crippen LogP contribution is 2.20. The van der Waals surface area contributed by atoms with Crippen LogP contribution in [0.15, 0.2) is 29.2 Å². The maximum atomic E-state index is 12.1. The van der Waals surface area contributed by atoms with Gasteiger partial charge in [-0.3, -0.25) is 4.79 Å². The second-order valence-corrected chi connectivity index (χ2v) is 6.41. The molecule has 8 heteroatoms. The van der Waals surface area contributed by atoms with Gasteiger partial charge in [-0.15, -0.1) is 0 Å². The molecule has 1 amide bonds. The number of carbonyl (C=O) groups is 1. The van der Waals surface area contributed by atoms with Crippen LogP contribution in [-0.4, -0.2) is 46.5 Å². The predicted molar refractivity (Wildman–Crippen MR) is 80.5 cm³/mol. The summed E-state index contributed by atoms with van der Waals surface area (Å²) in [5.74, 6) is -0.0415. The van der Waals surface area contributed by atoms with Gasteiger partial charge in [-0.1, -0.05) is 0 Å². The minimum Gasteiger partial charge on any atom is -0.357 e. The summed E-state index contributed by atoms with van der Waals surface area (Å²) in [4.78, 5) is 14.1. The Morgan fingerprint density at radius 3 is 2.67 bits per heavy atom. The van der Waals surface area contributed by atoms with E-state index < -0.39 is 10.0 Å². The number of amides is 1. The molecule has 1 fully saturated rings. The first-order valence-electron chi connectivity index (χ1n) is 6.81. The van der Waals surface area contributed by atoms with E-state index in [0.29, 0.717) is 19.6 Å². The van der Waals surface area contributed by atoms with Crippen LogP contribution in [-0.2, 0) is 14.8 Å². The topological polar surface area (TPSA) is 105 Å². The number of hydrogen-bond acceptors (Lipinski definition) is 5. The molecule has 21 heavy (non-hydrogen) atoms. The summed E-state index contributed by atoms with van der Waals surface area (Å²) in [6, 6.07) is 5.97. The van der Waals surface area contributed by atoms with Gasteiger partial charge in [0.05, 0.1) is 4.90 Å². The summed E-state index contributed by atoms with van der Waals surface area (Å²) in [6.45, 7) is 4.46. The Morgan fingerprint density at radius 2 is 2.10 bits per heavy atom. The molecule has 0 aliphatic carbocycles. The van der Waals surface area contributed by atoms with E-state index in [1.54, 1.807) is 12.1 Å². The average molecular weight is 312 g/mol. The maximum Gasteiger partial charge on any atom is 0.244 e. The largest absolute Gasteiger partial charge is 0.357 e. The van der Waals surface area contributed by atoms with Gasteiger partial charge in [0.1, 0.15) is 6.04 Å². The Bertz CT molecular complexity index is 600. The predicted octanol–water partition coefficient (Wildman–Crippen LogP) is -0.752. The smallest absolute Gasteiger partial charge is 0.244 e. The summed E-state index contributed by atoms with van der Waals surface area (Å²) in [6.07, 6.45) is 0. The zero-order valence-corrected chi connectivity index (χ0v) is 12.7. The van der Waals surface area contributed by atoms with Crippen molar-refractivity contribution in [1.82, 2.24) is 10.6 Å². The zero-order chi connectivity index (χ0) is 15.5. The molecule has 0 saturated carbocycles. The zero-order valence-electron chi connectivity index (χ0n) is 11.9. The Hall–Kier alpha value is -1.64. The first-order valence-corrected chi connectivity index (χ1v) is 8.36. The van der Waals surface area contributed by atoms with Crippen LogP contribution < -0.4 is 20.7 Å². The van der Waals surface area contributed by atoms with Crippen LogP contribution in [0.5, 0.6) is 0 Å². The summed E-state index contributed by atoms with van der Waals surface area (Å²) in [5, 5.41) is 11.1. The molecule has 0 bridgehead atoms. The van der Waals surface area contributed by atoms with Crippen LogP contribution in [0.2, 0.25) is 0 Å². The van der Waals surface area contributed by atoms with Crippen LogP contribution in [0.3, 0.4) is 0 Å². The number of rotatable bonds is 4. The third kappa shape index (κ3) is 3.72. The lowest BCUT2D eigenvalue weighted by Crippen LogP contribution is -2.58. The molecule has 1 atom stereocenters. The third-order valence-corrected chi connectivity index (χ3v) is 4.32. The van der Waals surface area contributed by atoms with Crippen LogP contribution in [0.1, 0.15) is 6.92 Å². The number of anilines is 1. The molecule has 2 rings (SSSR count). The van der Waals surface area contributed by atoms with Crippen molar-refractivity contribution in [1.29, 1.82) is 0 Å². The molecule has 1 unspecified atom stereocenters. The Labute approximate surface area is 124 Å². The lowest BCUT2D eigenvalue weighted by molar-refractivity contribution is -0.122. The summed E-state index contributed by atoms with van der Waals surface area (Å²) in [7, 11) is -3.70. The number of piperazine rings is 1. The van der Waals surface area contributed by atoms with Gasteiger partial charge in [-0.05, 0) is 31.2 Å². The van der Waals surface area contributed by atoms with E-state index in [4.69, 9.17) is 5.14 Å². The number of nitrogens with one attached hydrogen (secondary N) is 2. The highest BCUT2D eigenvalue weighted by atomic mass is 32.2. The minimum atomic E-state index is -3.70. The van der Waals surface area contributed by atoms with Gasteiger partial charge in [0.25, 0.3) is 0 Å². The van der Waals surface area contributed by atoms with E-state index in [2.05, 4.69) is 10.6 Å². The molecule has 1 aliphatic rings. The lowest BCUT2D eigenvalue weighted by atomic mass is 10.1. The average Bonchev–Trinajstić information content (AvgIpc) is 2.47. The van der Waals surface area contributed by atoms with Crippen molar-refractivity contribution in [3.63, 3.8) is 0 Å². The van der Waals surface area contributed by atoms with Crippen LogP contribution in [0.4, 0.5) is 5.69 Å². The van der Waals surface area contributed by atoms with Crippen LogP contribution in [0, 0.1) is 0 Å². The molecule has 0 spiro atoms. The Balaban J connectivity index is 2.23. The number of nitrogens with zero attached hydrogens (tertiary/aromatic N) is 1. The van der Waals surface area contributed by atoms with Crippen molar-refractivity contribution in [3.05, 3.63) is 24.3 Å². The molecular formula is C13H20N4O3S. The van der Waals surface area contributed by atoms with E-state index in [-0.39, 0.29) is 16.8 Å². The number of benzene rings is 1. The molecule has 116 valence electrons. The third-order valence-electron chi connectivity index (χ3n) is 3.39. The molecule has 1 heterocycles. The van der Waals surface area contributed by atoms with Gasteiger partial charge >= 0.3 is 0 Å². The van der Waals surface area contributed by atoms with Crippen LogP contribution in [0.25, 0.3) is 0 Å². The van der Waals surface area contributed by atoms with Gasteiger partial charge in [0.2, 0.25) is 15.9 Å². The van der Waals surface area contributed by atoms with Crippen molar-refractivity contribution < 1.29 is 13.2 Å². The lowest BCUT2D eigenvalue weighted by Gasteiger charge is -2.37. The molecule has 1 saturated heterocycles. The molecule has 4 N–H and O–H groups in total. The molecule has 0 radical (unpaired) electrons. The van der Waals surface area contributed by atoms with Gasteiger partial charge in [-0.2, -0.15) is 0 Å². The fourth-order valence-corrected chi connectivity index (χ4v) is 2.88. The van der Waals surface area contributed by atoms with Gasteiger partial charge in [0, 0.05) is 31.9 Å². The molecule has 1 aromatic carbocycles. The number of carbonyl (C=O) groups excluding carboxylic acids is 1. The monoisotopic (exact) mass is 312 g/mol. The van der Waals surface area contributed by atoms with Crippen molar-refractivity contribution in [2.24, 2.45) is 5.14 Å². The van der Waals surface area contributed by atoms with Crippen molar-refractivity contribution in [2.75, 3.05) is 31.1 Å². The van der Waals surface area contributed by atoms with Gasteiger partial charge in [0.15, 0.2) is 0 Å². The van der Waals surface area contributed by atoms with Gasteiger partial charge < -0.3 is 15.5 Å². The Morgan fingerprint density at radius 1 is 1.43 bits per heavy atom. The van der Waals surface area contributed by atoms with E-state index >= 15 is 0 Å². The summed E-state index contributed by atoms with van der Waals surface area (Å²) >= 11 is 0. The van der Waals surface area contributed by atoms with Crippen molar-refractivity contribution >= 4 is 21.6 Å². The SMILES string of the molecule is CCNC(=O)C1CNCCN1c1ccc(S(N)(=O)=O)cc1. The van der Waals surface area contributed by atoms with E-state index in [1.165, 1.54) is 12.1 Å². The van der Waals surface area contributed by atoms with E-state index in [1.807, 2.05) is 11.8 Å². The normalized spacial score (nSPS) is 19.3. The van der Waals surface area contributed by atoms with E-state index in [0.717, 1.165) is 12.2 Å². The second kappa shape index (κ2) is 6.42. The molecule has 1 aromatic rings. The van der Waals surface area contributed by atoms with Crippen LogP contribution >= 0.6 is 0 Å². The highest BCUT2D eigenvalue weighted by molar-refractivity contribution is 7.89. The first-order chi connectivity index (χ1) is 9.93. The first kappa shape index (κ1) is 15.7. The number of hydrogen-bond donors (Lipinski definition) is 3. The number of nitrogens with two attached hydrogens (primary N) is 1. The number of primary sulfonamides is 1. The maximum absolute atomic E-state index is 12.1. The second-order valence-electron chi connectivity index (χ2n) is 4.85. The molecular weight excluding hydrogens is 292 g/mol. The quantitative estimate of drug-likeness (QED) is 0.678. The fourth-order valence-electron chi connectivity index (χ4n) is 2.37.